The number of aliphatic hydroxyl groups excluding tert-OH is 2. The number of nitrogens with zero attached hydrogens (tertiary/aromatic N) is 1. The van der Waals surface area contributed by atoms with Crippen molar-refractivity contribution in [1.29, 1.82) is 0 Å². The lowest BCUT2D eigenvalue weighted by Gasteiger charge is -2.47. The maximum Gasteiger partial charge on any atom is 0.202 e. The fourth-order valence-electron chi connectivity index (χ4n) is 6.15. The molecular formula is C28H33NO10. The first-order chi connectivity index (χ1) is 18.3. The van der Waals surface area contributed by atoms with Crippen molar-refractivity contribution in [1.82, 2.24) is 4.90 Å². The van der Waals surface area contributed by atoms with E-state index in [-0.39, 0.29) is 47.6 Å². The van der Waals surface area contributed by atoms with E-state index in [1.165, 1.54) is 18.2 Å². The van der Waals surface area contributed by atoms with E-state index in [0.29, 0.717) is 0 Å². The van der Waals surface area contributed by atoms with Crippen LogP contribution in [0, 0.1) is 0 Å². The van der Waals surface area contributed by atoms with Gasteiger partial charge in [-0.2, -0.15) is 0 Å². The molecule has 2 aliphatic carbocycles. The number of likely N-dealkylation sites (N-methyl/N-ethyl adjacent to an activating group) is 1. The van der Waals surface area contributed by atoms with Crippen molar-refractivity contribution < 1.29 is 49.7 Å². The smallest absolute Gasteiger partial charge is 0.202 e. The first kappa shape index (κ1) is 27.5. The quantitative estimate of drug-likeness (QED) is 0.264. The summed E-state index contributed by atoms with van der Waals surface area (Å²) in [4.78, 5) is 28.7. The van der Waals surface area contributed by atoms with Gasteiger partial charge in [-0.15, -0.1) is 0 Å². The monoisotopic (exact) mass is 543 g/mol. The number of ketones is 2. The second-order valence-electron chi connectivity index (χ2n) is 10.9. The number of aromatic hydroxyl groups is 3. The molecule has 11 nitrogen and oxygen atoms in total. The Morgan fingerprint density at radius 3 is 2.31 bits per heavy atom. The molecule has 5 rings (SSSR count). The molecule has 0 aromatic heterocycles. The number of phenolic OH excluding ortho intramolecular Hbond substituents is 3. The molecule has 0 radical (unpaired) electrons. The van der Waals surface area contributed by atoms with Crippen LogP contribution in [0.5, 0.6) is 17.2 Å². The van der Waals surface area contributed by atoms with Crippen molar-refractivity contribution >= 4 is 11.6 Å². The number of benzene rings is 2. The van der Waals surface area contributed by atoms with Crippen LogP contribution >= 0.6 is 0 Å². The molecular weight excluding hydrogens is 510 g/mol. The van der Waals surface area contributed by atoms with Gasteiger partial charge in [-0.3, -0.25) is 9.59 Å². The van der Waals surface area contributed by atoms with Crippen LogP contribution in [0.1, 0.15) is 88.3 Å². The van der Waals surface area contributed by atoms with Crippen LogP contribution in [-0.4, -0.2) is 91.3 Å². The van der Waals surface area contributed by atoms with Crippen LogP contribution in [0.4, 0.5) is 0 Å². The number of carbonyl (C=O) groups is 2. The fraction of sp³-hybridized carbons (Fsp3) is 0.500. The van der Waals surface area contributed by atoms with Crippen LogP contribution in [0.15, 0.2) is 18.2 Å². The van der Waals surface area contributed by atoms with E-state index < -0.39 is 76.2 Å². The van der Waals surface area contributed by atoms with E-state index in [9.17, 15) is 40.2 Å². The third-order valence-electron chi connectivity index (χ3n) is 8.36. The molecule has 1 saturated heterocycles. The van der Waals surface area contributed by atoms with Gasteiger partial charge in [0.05, 0.1) is 40.6 Å². The zero-order valence-electron chi connectivity index (χ0n) is 22.1. The average Bonchev–Trinajstić information content (AvgIpc) is 2.87. The average molecular weight is 544 g/mol. The Balaban J connectivity index is 1.68. The lowest BCUT2D eigenvalue weighted by Crippen LogP contribution is -2.54. The molecule has 6 N–H and O–H groups in total. The molecule has 11 heteroatoms. The van der Waals surface area contributed by atoms with Crippen LogP contribution in [-0.2, 0) is 9.47 Å². The zero-order chi connectivity index (χ0) is 28.5. The highest BCUT2D eigenvalue weighted by molar-refractivity contribution is 6.31. The van der Waals surface area contributed by atoms with Crippen molar-refractivity contribution in [3.05, 3.63) is 51.6 Å². The third kappa shape index (κ3) is 4.03. The summed E-state index contributed by atoms with van der Waals surface area (Å²) in [6, 6.07) is 3.58. The highest BCUT2D eigenvalue weighted by Gasteiger charge is 2.52. The largest absolute Gasteiger partial charge is 0.507 e. The van der Waals surface area contributed by atoms with Gasteiger partial charge in [0.15, 0.2) is 12.1 Å². The Morgan fingerprint density at radius 1 is 1.03 bits per heavy atom. The molecule has 0 amide bonds. The number of hydrogen-bond acceptors (Lipinski definition) is 11. The van der Waals surface area contributed by atoms with E-state index in [1.54, 1.807) is 27.9 Å². The van der Waals surface area contributed by atoms with Gasteiger partial charge >= 0.3 is 0 Å². The van der Waals surface area contributed by atoms with Gasteiger partial charge in [0, 0.05) is 35.6 Å². The van der Waals surface area contributed by atoms with Gasteiger partial charge in [0.25, 0.3) is 0 Å². The highest BCUT2D eigenvalue weighted by Crippen LogP contribution is 2.56. The van der Waals surface area contributed by atoms with Crippen LogP contribution in [0.2, 0.25) is 0 Å². The molecule has 39 heavy (non-hydrogen) atoms. The van der Waals surface area contributed by atoms with Crippen LogP contribution in [0.25, 0.3) is 0 Å². The normalized spacial score (nSPS) is 32.1. The minimum Gasteiger partial charge on any atom is -0.507 e. The van der Waals surface area contributed by atoms with Crippen molar-refractivity contribution in [2.75, 3.05) is 14.1 Å². The number of fused-ring (bicyclic) bond motifs is 3. The molecule has 0 bridgehead atoms. The standard InChI is InChI=1S/C28H33NO10/c1-5-28(37)10-15(31)18-21(27(28)39-16-9-13(29(3)4)22(32)11(2)38-16)26(36)19-20(25(18)35)24(34)17-12(23(19)33)7-6-8-14(17)30/h6-8,11,13,15-16,22,27,30-32,35-37H,5,9-10H2,1-4H3. The summed E-state index contributed by atoms with van der Waals surface area (Å²) in [5, 5.41) is 66.4. The molecule has 210 valence electrons. The molecule has 7 atom stereocenters. The van der Waals surface area contributed by atoms with Gasteiger partial charge in [0.1, 0.15) is 23.4 Å². The van der Waals surface area contributed by atoms with Gasteiger partial charge in [-0.1, -0.05) is 19.1 Å². The Bertz CT molecular complexity index is 1360. The van der Waals surface area contributed by atoms with E-state index >= 15 is 0 Å². The van der Waals surface area contributed by atoms with E-state index in [4.69, 9.17) is 9.47 Å². The summed E-state index contributed by atoms with van der Waals surface area (Å²) >= 11 is 0. The summed E-state index contributed by atoms with van der Waals surface area (Å²) in [5.74, 6) is -3.61. The molecule has 3 aliphatic rings. The number of rotatable bonds is 4. The van der Waals surface area contributed by atoms with E-state index in [1.807, 2.05) is 4.90 Å². The van der Waals surface area contributed by atoms with Gasteiger partial charge < -0.3 is 45.0 Å². The summed E-state index contributed by atoms with van der Waals surface area (Å²) in [6.07, 6.45) is -5.33. The molecule has 0 spiro atoms. The Kier molecular flexibility index (Phi) is 6.73. The number of carbonyl (C=O) groups excluding carboxylic acids is 2. The lowest BCUT2D eigenvalue weighted by atomic mass is 9.70. The van der Waals surface area contributed by atoms with Crippen molar-refractivity contribution in [3.8, 4) is 17.2 Å². The van der Waals surface area contributed by atoms with Gasteiger partial charge in [-0.25, -0.2) is 0 Å². The predicted molar refractivity (Wildman–Crippen MR) is 136 cm³/mol. The first-order valence-electron chi connectivity index (χ1n) is 12.9. The lowest BCUT2D eigenvalue weighted by molar-refractivity contribution is -0.279. The molecule has 2 aromatic carbocycles. The minimum atomic E-state index is -1.75. The Morgan fingerprint density at radius 2 is 1.67 bits per heavy atom. The Hall–Kier alpha value is -3.06. The summed E-state index contributed by atoms with van der Waals surface area (Å²) in [6.45, 7) is 3.34. The molecule has 1 heterocycles. The fourth-order valence-corrected chi connectivity index (χ4v) is 6.15. The SMILES string of the molecule is CCC1(O)CC(O)c2c(O)c3c(c(O)c2C1OC1CC(N(C)C)C(O)C(C)O1)C(=O)c1cccc(O)c1C3=O. The van der Waals surface area contributed by atoms with Crippen molar-refractivity contribution in [2.45, 2.75) is 75.5 Å². The number of aliphatic hydroxyl groups is 3. The first-order valence-corrected chi connectivity index (χ1v) is 12.9. The number of ether oxygens (including phenoxy) is 2. The Labute approximate surface area is 224 Å². The number of hydrogen-bond donors (Lipinski definition) is 6. The zero-order valence-corrected chi connectivity index (χ0v) is 22.1. The van der Waals surface area contributed by atoms with Crippen LogP contribution in [0.3, 0.4) is 0 Å². The van der Waals surface area contributed by atoms with Crippen molar-refractivity contribution in [3.63, 3.8) is 0 Å². The maximum atomic E-state index is 13.5. The molecule has 0 saturated carbocycles. The third-order valence-corrected chi connectivity index (χ3v) is 8.36. The minimum absolute atomic E-state index is 0.0665. The number of phenols is 3. The molecule has 2 aromatic rings. The summed E-state index contributed by atoms with van der Waals surface area (Å²) < 4.78 is 12.1. The van der Waals surface area contributed by atoms with Gasteiger partial charge in [-0.05, 0) is 33.5 Å². The topological polar surface area (TPSA) is 177 Å². The van der Waals surface area contributed by atoms with Gasteiger partial charge in [0.2, 0.25) is 5.78 Å². The second-order valence-corrected chi connectivity index (χ2v) is 10.9. The van der Waals surface area contributed by atoms with Crippen molar-refractivity contribution in [2.24, 2.45) is 0 Å². The maximum absolute atomic E-state index is 13.5. The van der Waals surface area contributed by atoms with Crippen LogP contribution < -0.4 is 0 Å². The molecule has 1 fully saturated rings. The second kappa shape index (κ2) is 9.54. The highest BCUT2D eigenvalue weighted by atomic mass is 16.7. The molecule has 1 aliphatic heterocycles. The molecule has 7 unspecified atom stereocenters. The predicted octanol–water partition coefficient (Wildman–Crippen LogP) is 1.64. The van der Waals surface area contributed by atoms with E-state index in [0.717, 1.165) is 0 Å². The summed E-state index contributed by atoms with van der Waals surface area (Å²) in [5.41, 5.74) is -3.73. The van der Waals surface area contributed by atoms with E-state index in [2.05, 4.69) is 0 Å². The summed E-state index contributed by atoms with van der Waals surface area (Å²) in [7, 11) is 3.60.